The van der Waals surface area contributed by atoms with E-state index in [1.165, 1.54) is 4.90 Å². The number of aliphatic hydroxyl groups excluding tert-OH is 1. The SMILES string of the molecule is CCOC(=O)[C@H]1[C@@H]2C(=O)N([C@H](CO)c3ccccc3)[C@H](C(=O)NCc3ccccc3)[C@H]2C=C[C@H]1CC. The van der Waals surface area contributed by atoms with Crippen LogP contribution in [-0.4, -0.2) is 47.0 Å². The summed E-state index contributed by atoms with van der Waals surface area (Å²) in [6.07, 6.45) is 4.54. The van der Waals surface area contributed by atoms with Crippen molar-refractivity contribution < 1.29 is 24.2 Å². The number of amides is 2. The number of nitrogens with one attached hydrogen (secondary N) is 1. The number of rotatable bonds is 9. The van der Waals surface area contributed by atoms with Gasteiger partial charge >= 0.3 is 5.97 Å². The van der Waals surface area contributed by atoms with Gasteiger partial charge in [-0.3, -0.25) is 14.4 Å². The summed E-state index contributed by atoms with van der Waals surface area (Å²) in [5.74, 6) is -3.11. The second-order valence-electron chi connectivity index (χ2n) is 9.34. The van der Waals surface area contributed by atoms with Gasteiger partial charge in [-0.15, -0.1) is 0 Å². The maximum absolute atomic E-state index is 14.1. The van der Waals surface area contributed by atoms with Gasteiger partial charge in [0.1, 0.15) is 6.04 Å². The molecule has 1 aliphatic carbocycles. The zero-order valence-electron chi connectivity index (χ0n) is 20.7. The molecule has 4 rings (SSSR count). The first-order valence-electron chi connectivity index (χ1n) is 12.7. The number of ether oxygens (including phenoxy) is 1. The van der Waals surface area contributed by atoms with E-state index in [9.17, 15) is 19.5 Å². The first kappa shape index (κ1) is 25.6. The lowest BCUT2D eigenvalue weighted by Crippen LogP contribution is -2.49. The van der Waals surface area contributed by atoms with Crippen LogP contribution < -0.4 is 5.32 Å². The maximum Gasteiger partial charge on any atom is 0.310 e. The van der Waals surface area contributed by atoms with Crippen LogP contribution in [0.4, 0.5) is 0 Å². The second-order valence-corrected chi connectivity index (χ2v) is 9.34. The average Bonchev–Trinajstić information content (AvgIpc) is 3.20. The molecule has 1 fully saturated rings. The zero-order chi connectivity index (χ0) is 25.7. The number of fused-ring (bicyclic) bond motifs is 1. The van der Waals surface area contributed by atoms with Gasteiger partial charge in [-0.1, -0.05) is 79.7 Å². The van der Waals surface area contributed by atoms with Crippen molar-refractivity contribution in [3.8, 4) is 0 Å². The minimum Gasteiger partial charge on any atom is -0.466 e. The molecule has 7 heteroatoms. The predicted octanol–water partition coefficient (Wildman–Crippen LogP) is 3.25. The number of hydrogen-bond acceptors (Lipinski definition) is 5. The lowest BCUT2D eigenvalue weighted by Gasteiger charge is -2.34. The van der Waals surface area contributed by atoms with Crippen molar-refractivity contribution in [3.05, 3.63) is 83.9 Å². The Hall–Kier alpha value is -3.45. The van der Waals surface area contributed by atoms with Crippen LogP contribution in [0.25, 0.3) is 0 Å². The Morgan fingerprint density at radius 3 is 2.31 bits per heavy atom. The van der Waals surface area contributed by atoms with Gasteiger partial charge in [-0.25, -0.2) is 0 Å². The van der Waals surface area contributed by atoms with Crippen molar-refractivity contribution in [1.29, 1.82) is 0 Å². The molecule has 2 aliphatic rings. The van der Waals surface area contributed by atoms with E-state index in [1.807, 2.05) is 79.7 Å². The standard InChI is InChI=1S/C29H34N2O5/c1-3-20-15-16-22-25(24(20)29(35)36-4-2)28(34)31(23(18-32)21-13-9-6-10-14-21)26(22)27(33)30-17-19-11-7-5-8-12-19/h5-16,20,22-26,32H,3-4,17-18H2,1-2H3,(H,30,33)/t20-,22+,23-,24-,25-,26+/m1/s1. The Kier molecular flexibility index (Phi) is 8.21. The van der Waals surface area contributed by atoms with Gasteiger partial charge in [0.25, 0.3) is 0 Å². The van der Waals surface area contributed by atoms with E-state index in [2.05, 4.69) is 5.32 Å². The quantitative estimate of drug-likeness (QED) is 0.416. The normalized spacial score (nSPS) is 25.8. The molecule has 0 unspecified atom stereocenters. The van der Waals surface area contributed by atoms with Crippen molar-refractivity contribution >= 4 is 17.8 Å². The summed E-state index contributed by atoms with van der Waals surface area (Å²) in [7, 11) is 0. The number of aliphatic hydroxyl groups is 1. The van der Waals surface area contributed by atoms with Crippen LogP contribution in [0.1, 0.15) is 37.4 Å². The molecule has 36 heavy (non-hydrogen) atoms. The smallest absolute Gasteiger partial charge is 0.310 e. The monoisotopic (exact) mass is 490 g/mol. The van der Waals surface area contributed by atoms with Crippen LogP contribution in [0.5, 0.6) is 0 Å². The summed E-state index contributed by atoms with van der Waals surface area (Å²) < 4.78 is 5.38. The van der Waals surface area contributed by atoms with Gasteiger partial charge in [0.05, 0.1) is 31.1 Å². The fourth-order valence-corrected chi connectivity index (χ4v) is 5.65. The van der Waals surface area contributed by atoms with Crippen molar-refractivity contribution in [2.45, 2.75) is 38.9 Å². The van der Waals surface area contributed by atoms with Crippen molar-refractivity contribution in [2.24, 2.45) is 23.7 Å². The highest BCUT2D eigenvalue weighted by molar-refractivity contribution is 5.96. The average molecular weight is 491 g/mol. The first-order valence-corrected chi connectivity index (χ1v) is 12.7. The molecule has 1 saturated heterocycles. The van der Waals surface area contributed by atoms with Crippen LogP contribution in [0.3, 0.4) is 0 Å². The molecule has 1 aliphatic heterocycles. The summed E-state index contributed by atoms with van der Waals surface area (Å²) in [4.78, 5) is 42.4. The topological polar surface area (TPSA) is 95.9 Å². The van der Waals surface area contributed by atoms with Crippen molar-refractivity contribution in [2.75, 3.05) is 13.2 Å². The third-order valence-corrected chi connectivity index (χ3v) is 7.35. The number of hydrogen-bond donors (Lipinski definition) is 2. The molecule has 0 spiro atoms. The molecule has 0 radical (unpaired) electrons. The molecule has 1 heterocycles. The number of esters is 1. The minimum absolute atomic E-state index is 0.161. The fraction of sp³-hybridized carbons (Fsp3) is 0.414. The fourth-order valence-electron chi connectivity index (χ4n) is 5.65. The van der Waals surface area contributed by atoms with Gasteiger partial charge < -0.3 is 20.1 Å². The molecule has 7 nitrogen and oxygen atoms in total. The summed E-state index contributed by atoms with van der Waals surface area (Å²) in [5.41, 5.74) is 1.67. The van der Waals surface area contributed by atoms with Crippen LogP contribution in [0, 0.1) is 23.7 Å². The van der Waals surface area contributed by atoms with Gasteiger partial charge in [0.15, 0.2) is 0 Å². The molecule has 2 aromatic rings. The predicted molar refractivity (Wildman–Crippen MR) is 135 cm³/mol. The van der Waals surface area contributed by atoms with E-state index >= 15 is 0 Å². The van der Waals surface area contributed by atoms with Crippen molar-refractivity contribution in [1.82, 2.24) is 10.2 Å². The number of likely N-dealkylation sites (tertiary alicyclic amines) is 1. The van der Waals surface area contributed by atoms with E-state index in [1.54, 1.807) is 6.92 Å². The van der Waals surface area contributed by atoms with E-state index in [4.69, 9.17) is 4.74 Å². The highest BCUT2D eigenvalue weighted by atomic mass is 16.5. The summed E-state index contributed by atoms with van der Waals surface area (Å²) in [6.45, 7) is 3.91. The molecule has 190 valence electrons. The highest BCUT2D eigenvalue weighted by Crippen LogP contribution is 2.47. The van der Waals surface area contributed by atoms with E-state index < -0.39 is 35.8 Å². The largest absolute Gasteiger partial charge is 0.466 e. The number of benzene rings is 2. The highest BCUT2D eigenvalue weighted by Gasteiger charge is 2.58. The van der Waals surface area contributed by atoms with Gasteiger partial charge in [0.2, 0.25) is 11.8 Å². The Labute approximate surface area is 212 Å². The molecule has 0 aromatic heterocycles. The van der Waals surface area contributed by atoms with Gasteiger partial charge in [0, 0.05) is 12.5 Å². The van der Waals surface area contributed by atoms with Gasteiger partial charge in [-0.05, 0) is 30.4 Å². The zero-order valence-corrected chi connectivity index (χ0v) is 20.7. The molecule has 2 aromatic carbocycles. The van der Waals surface area contributed by atoms with Crippen LogP contribution in [0.15, 0.2) is 72.8 Å². The number of carbonyl (C=O) groups is 3. The van der Waals surface area contributed by atoms with E-state index in [0.717, 1.165) is 11.1 Å². The van der Waals surface area contributed by atoms with E-state index in [0.29, 0.717) is 13.0 Å². The third kappa shape index (κ3) is 4.93. The Morgan fingerprint density at radius 1 is 1.03 bits per heavy atom. The molecule has 2 N–H and O–H groups in total. The Balaban J connectivity index is 1.73. The van der Waals surface area contributed by atoms with E-state index in [-0.39, 0.29) is 30.9 Å². The third-order valence-electron chi connectivity index (χ3n) is 7.35. The molecular formula is C29H34N2O5. The second kappa shape index (κ2) is 11.5. The molecule has 2 amide bonds. The molecular weight excluding hydrogens is 456 g/mol. The summed E-state index contributed by atoms with van der Waals surface area (Å²) >= 11 is 0. The van der Waals surface area contributed by atoms with Crippen LogP contribution >= 0.6 is 0 Å². The number of nitrogens with zero attached hydrogens (tertiary/aromatic N) is 1. The lowest BCUT2D eigenvalue weighted by atomic mass is 9.69. The summed E-state index contributed by atoms with van der Waals surface area (Å²) in [5, 5.41) is 13.4. The van der Waals surface area contributed by atoms with Crippen molar-refractivity contribution in [3.63, 3.8) is 0 Å². The number of allylic oxidation sites excluding steroid dienone is 1. The first-order chi connectivity index (χ1) is 17.5. The summed E-state index contributed by atoms with van der Waals surface area (Å²) in [6, 6.07) is 17.2. The van der Waals surface area contributed by atoms with Gasteiger partial charge in [-0.2, -0.15) is 0 Å². The lowest BCUT2D eigenvalue weighted by molar-refractivity contribution is -0.156. The molecule has 0 saturated carbocycles. The molecule has 6 atom stereocenters. The Morgan fingerprint density at radius 2 is 1.69 bits per heavy atom. The Bertz CT molecular complexity index is 1090. The number of carbonyl (C=O) groups excluding carboxylic acids is 3. The van der Waals surface area contributed by atoms with Crippen LogP contribution in [0.2, 0.25) is 0 Å². The van der Waals surface area contributed by atoms with Crippen LogP contribution in [-0.2, 0) is 25.7 Å². The maximum atomic E-state index is 14.1. The minimum atomic E-state index is -0.866. The molecule has 0 bridgehead atoms.